The van der Waals surface area contributed by atoms with Crippen molar-refractivity contribution >= 4 is 12.6 Å². The first-order valence-electron chi connectivity index (χ1n) is 6.30. The molecule has 0 bridgehead atoms. The lowest BCUT2D eigenvalue weighted by Gasteiger charge is -2.15. The number of ether oxygens (including phenoxy) is 1. The standard InChI is InChI=1S/C16H18O2S/c1-18-15-8-4-3-7-13(15)14(17)11-10-12-6-2-5-9-16(12)19/h2-9,14,17,19H,10-11H2,1H3. The van der Waals surface area contributed by atoms with E-state index in [0.717, 1.165) is 28.2 Å². The molecule has 0 saturated carbocycles. The monoisotopic (exact) mass is 274 g/mol. The summed E-state index contributed by atoms with van der Waals surface area (Å²) in [5.41, 5.74) is 1.99. The Kier molecular flexibility index (Phi) is 4.88. The van der Waals surface area contributed by atoms with E-state index in [4.69, 9.17) is 4.74 Å². The van der Waals surface area contributed by atoms with Crippen LogP contribution < -0.4 is 4.74 Å². The lowest BCUT2D eigenvalue weighted by molar-refractivity contribution is 0.163. The Morgan fingerprint density at radius 2 is 1.79 bits per heavy atom. The van der Waals surface area contributed by atoms with Crippen molar-refractivity contribution < 1.29 is 9.84 Å². The second kappa shape index (κ2) is 6.64. The lowest BCUT2D eigenvalue weighted by Crippen LogP contribution is -2.02. The molecule has 0 aliphatic heterocycles. The summed E-state index contributed by atoms with van der Waals surface area (Å²) in [6.07, 6.45) is 0.917. The summed E-state index contributed by atoms with van der Waals surface area (Å²) in [4.78, 5) is 0.967. The average Bonchev–Trinajstić information content (AvgIpc) is 2.46. The van der Waals surface area contributed by atoms with Crippen LogP contribution >= 0.6 is 12.6 Å². The first-order chi connectivity index (χ1) is 9.22. The Hall–Kier alpha value is -1.45. The number of aliphatic hydroxyl groups excluding tert-OH is 1. The SMILES string of the molecule is COc1ccccc1C(O)CCc1ccccc1S. The fraction of sp³-hybridized carbons (Fsp3) is 0.250. The van der Waals surface area contributed by atoms with Gasteiger partial charge >= 0.3 is 0 Å². The summed E-state index contributed by atoms with van der Waals surface area (Å²) in [7, 11) is 1.62. The summed E-state index contributed by atoms with van der Waals surface area (Å²) in [6, 6.07) is 15.5. The summed E-state index contributed by atoms with van der Waals surface area (Å²) >= 11 is 4.42. The predicted octanol–water partition coefficient (Wildman–Crippen LogP) is 3.65. The highest BCUT2D eigenvalue weighted by atomic mass is 32.1. The van der Waals surface area contributed by atoms with Crippen LogP contribution in [-0.4, -0.2) is 12.2 Å². The third kappa shape index (κ3) is 3.52. The first kappa shape index (κ1) is 14.0. The summed E-state index contributed by atoms with van der Waals surface area (Å²) < 4.78 is 5.27. The van der Waals surface area contributed by atoms with E-state index >= 15 is 0 Å². The van der Waals surface area contributed by atoms with Gasteiger partial charge < -0.3 is 9.84 Å². The van der Waals surface area contributed by atoms with E-state index in [1.807, 2.05) is 48.5 Å². The molecule has 2 rings (SSSR count). The number of thiol groups is 1. The van der Waals surface area contributed by atoms with Gasteiger partial charge in [0.1, 0.15) is 5.75 Å². The molecule has 1 N–H and O–H groups in total. The van der Waals surface area contributed by atoms with Gasteiger partial charge in [0.25, 0.3) is 0 Å². The Labute approximate surface area is 119 Å². The minimum atomic E-state index is -0.524. The molecule has 0 saturated heterocycles. The van der Waals surface area contributed by atoms with Crippen molar-refractivity contribution in [3.63, 3.8) is 0 Å². The van der Waals surface area contributed by atoms with Crippen LogP contribution in [0, 0.1) is 0 Å². The average molecular weight is 274 g/mol. The van der Waals surface area contributed by atoms with Gasteiger partial charge in [-0.1, -0.05) is 36.4 Å². The van der Waals surface area contributed by atoms with Crippen LogP contribution in [0.5, 0.6) is 5.75 Å². The first-order valence-corrected chi connectivity index (χ1v) is 6.75. The molecule has 1 unspecified atom stereocenters. The van der Waals surface area contributed by atoms with Gasteiger partial charge in [0.2, 0.25) is 0 Å². The topological polar surface area (TPSA) is 29.5 Å². The van der Waals surface area contributed by atoms with Gasteiger partial charge in [-0.2, -0.15) is 0 Å². The van der Waals surface area contributed by atoms with Crippen LogP contribution in [0.2, 0.25) is 0 Å². The molecule has 1 atom stereocenters. The Morgan fingerprint density at radius 1 is 1.11 bits per heavy atom. The molecule has 0 aliphatic rings. The van der Waals surface area contributed by atoms with Crippen LogP contribution in [0.1, 0.15) is 23.7 Å². The minimum absolute atomic E-state index is 0.524. The zero-order chi connectivity index (χ0) is 13.7. The highest BCUT2D eigenvalue weighted by molar-refractivity contribution is 7.80. The molecule has 0 spiro atoms. The molecule has 0 radical (unpaired) electrons. The number of aliphatic hydroxyl groups is 1. The van der Waals surface area contributed by atoms with Crippen molar-refractivity contribution in [2.45, 2.75) is 23.8 Å². The number of benzene rings is 2. The highest BCUT2D eigenvalue weighted by Crippen LogP contribution is 2.28. The molecular formula is C16H18O2S. The number of hydrogen-bond donors (Lipinski definition) is 2. The largest absolute Gasteiger partial charge is 0.496 e. The maximum absolute atomic E-state index is 10.3. The van der Waals surface area contributed by atoms with Crippen LogP contribution in [0.25, 0.3) is 0 Å². The van der Waals surface area contributed by atoms with Crippen molar-refractivity contribution in [3.05, 3.63) is 59.7 Å². The fourth-order valence-corrected chi connectivity index (χ4v) is 2.38. The molecule has 0 aromatic heterocycles. The van der Waals surface area contributed by atoms with Crippen molar-refractivity contribution in [2.75, 3.05) is 7.11 Å². The molecule has 2 aromatic rings. The van der Waals surface area contributed by atoms with Gasteiger partial charge in [-0.25, -0.2) is 0 Å². The van der Waals surface area contributed by atoms with E-state index in [-0.39, 0.29) is 0 Å². The summed E-state index contributed by atoms with van der Waals surface area (Å²) in [6.45, 7) is 0. The van der Waals surface area contributed by atoms with Crippen molar-refractivity contribution in [1.29, 1.82) is 0 Å². The second-order valence-electron chi connectivity index (χ2n) is 4.43. The quantitative estimate of drug-likeness (QED) is 0.815. The third-order valence-corrected chi connectivity index (χ3v) is 3.61. The van der Waals surface area contributed by atoms with Gasteiger partial charge in [-0.15, -0.1) is 12.6 Å². The molecule has 3 heteroatoms. The normalized spacial score (nSPS) is 12.2. The minimum Gasteiger partial charge on any atom is -0.496 e. The fourth-order valence-electron chi connectivity index (χ4n) is 2.11. The predicted molar refractivity (Wildman–Crippen MR) is 80.0 cm³/mol. The molecule has 0 fully saturated rings. The van der Waals surface area contributed by atoms with Gasteiger partial charge in [-0.3, -0.25) is 0 Å². The van der Waals surface area contributed by atoms with E-state index in [2.05, 4.69) is 12.6 Å². The molecule has 2 nitrogen and oxygen atoms in total. The second-order valence-corrected chi connectivity index (χ2v) is 4.91. The number of aryl methyl sites for hydroxylation is 1. The van der Waals surface area contributed by atoms with E-state index in [1.54, 1.807) is 7.11 Å². The zero-order valence-corrected chi connectivity index (χ0v) is 11.8. The van der Waals surface area contributed by atoms with Crippen LogP contribution in [-0.2, 0) is 6.42 Å². The number of hydrogen-bond acceptors (Lipinski definition) is 3. The van der Waals surface area contributed by atoms with Crippen molar-refractivity contribution in [1.82, 2.24) is 0 Å². The van der Waals surface area contributed by atoms with Crippen molar-refractivity contribution in [3.8, 4) is 5.75 Å². The molecule has 2 aromatic carbocycles. The van der Waals surface area contributed by atoms with Crippen molar-refractivity contribution in [2.24, 2.45) is 0 Å². The van der Waals surface area contributed by atoms with Crippen LogP contribution in [0.3, 0.4) is 0 Å². The highest BCUT2D eigenvalue weighted by Gasteiger charge is 2.13. The van der Waals surface area contributed by atoms with Crippen LogP contribution in [0.4, 0.5) is 0 Å². The third-order valence-electron chi connectivity index (χ3n) is 3.18. The number of methoxy groups -OCH3 is 1. The number of rotatable bonds is 5. The number of para-hydroxylation sites is 1. The molecule has 100 valence electrons. The van der Waals surface area contributed by atoms with E-state index in [9.17, 15) is 5.11 Å². The van der Waals surface area contributed by atoms with Gasteiger partial charge in [-0.05, 0) is 30.5 Å². The Balaban J connectivity index is 2.05. The summed E-state index contributed by atoms with van der Waals surface area (Å²) in [5.74, 6) is 0.731. The molecular weight excluding hydrogens is 256 g/mol. The summed E-state index contributed by atoms with van der Waals surface area (Å²) in [5, 5.41) is 10.3. The molecule has 0 aliphatic carbocycles. The van der Waals surface area contributed by atoms with E-state index < -0.39 is 6.10 Å². The Morgan fingerprint density at radius 3 is 2.53 bits per heavy atom. The lowest BCUT2D eigenvalue weighted by atomic mass is 10.0. The Bertz CT molecular complexity index is 540. The maximum Gasteiger partial charge on any atom is 0.124 e. The van der Waals surface area contributed by atoms with Gasteiger partial charge in [0.05, 0.1) is 13.2 Å². The van der Waals surface area contributed by atoms with Gasteiger partial charge in [0, 0.05) is 10.5 Å². The van der Waals surface area contributed by atoms with E-state index in [1.165, 1.54) is 0 Å². The molecule has 0 heterocycles. The maximum atomic E-state index is 10.3. The molecule has 0 amide bonds. The smallest absolute Gasteiger partial charge is 0.124 e. The van der Waals surface area contributed by atoms with Gasteiger partial charge in [0.15, 0.2) is 0 Å². The zero-order valence-electron chi connectivity index (χ0n) is 10.9. The molecule has 19 heavy (non-hydrogen) atoms. The van der Waals surface area contributed by atoms with E-state index in [0.29, 0.717) is 6.42 Å². The van der Waals surface area contributed by atoms with Crippen LogP contribution in [0.15, 0.2) is 53.4 Å².